The first-order valence-electron chi connectivity index (χ1n) is 6.01. The Balaban J connectivity index is 0.00000162. The van der Waals surface area contributed by atoms with Crippen LogP contribution in [0.5, 0.6) is 0 Å². The van der Waals surface area contributed by atoms with Gasteiger partial charge < -0.3 is 5.32 Å². The summed E-state index contributed by atoms with van der Waals surface area (Å²) in [7, 11) is 2.06. The normalized spacial score (nSPS) is 16.7. The molecule has 1 aromatic rings. The van der Waals surface area contributed by atoms with Crippen LogP contribution in [0.15, 0.2) is 18.2 Å². The second kappa shape index (κ2) is 7.29. The van der Waals surface area contributed by atoms with Gasteiger partial charge in [-0.1, -0.05) is 17.7 Å². The van der Waals surface area contributed by atoms with Gasteiger partial charge in [0.2, 0.25) is 0 Å². The molecule has 1 aliphatic heterocycles. The van der Waals surface area contributed by atoms with E-state index in [1.165, 1.54) is 6.07 Å². The zero-order valence-electron chi connectivity index (χ0n) is 10.5. The first kappa shape index (κ1) is 15.7. The number of hydrogen-bond acceptors (Lipinski definition) is 2. The van der Waals surface area contributed by atoms with Crippen molar-refractivity contribution < 1.29 is 4.39 Å². The molecule has 18 heavy (non-hydrogen) atoms. The van der Waals surface area contributed by atoms with Crippen LogP contribution in [0.1, 0.15) is 18.4 Å². The van der Waals surface area contributed by atoms with Gasteiger partial charge in [-0.3, -0.25) is 4.90 Å². The van der Waals surface area contributed by atoms with Crippen LogP contribution >= 0.6 is 24.0 Å². The summed E-state index contributed by atoms with van der Waals surface area (Å²) in [6.45, 7) is 2.75. The fourth-order valence-corrected chi connectivity index (χ4v) is 2.45. The largest absolute Gasteiger partial charge is 0.317 e. The fourth-order valence-electron chi connectivity index (χ4n) is 2.30. The molecular formula is C13H19Cl2FN2. The molecule has 102 valence electrons. The Morgan fingerprint density at radius 3 is 2.67 bits per heavy atom. The lowest BCUT2D eigenvalue weighted by atomic mass is 10.0. The Kier molecular flexibility index (Phi) is 6.36. The molecule has 1 aliphatic rings. The van der Waals surface area contributed by atoms with Gasteiger partial charge >= 0.3 is 0 Å². The third-order valence-electron chi connectivity index (χ3n) is 3.37. The first-order chi connectivity index (χ1) is 8.16. The zero-order valence-corrected chi connectivity index (χ0v) is 12.0. The lowest BCUT2D eigenvalue weighted by Crippen LogP contribution is -2.40. The maximum atomic E-state index is 13.7. The summed E-state index contributed by atoms with van der Waals surface area (Å²) in [5.41, 5.74) is 0.718. The number of benzene rings is 1. The van der Waals surface area contributed by atoms with E-state index >= 15 is 0 Å². The quantitative estimate of drug-likeness (QED) is 0.921. The van der Waals surface area contributed by atoms with Crippen molar-refractivity contribution in [2.75, 3.05) is 20.1 Å². The van der Waals surface area contributed by atoms with Crippen molar-refractivity contribution in [3.05, 3.63) is 34.6 Å². The van der Waals surface area contributed by atoms with E-state index in [-0.39, 0.29) is 18.2 Å². The topological polar surface area (TPSA) is 15.3 Å². The average Bonchev–Trinajstić information content (AvgIpc) is 2.34. The highest BCUT2D eigenvalue weighted by atomic mass is 35.5. The number of piperidine rings is 1. The van der Waals surface area contributed by atoms with E-state index < -0.39 is 0 Å². The van der Waals surface area contributed by atoms with E-state index in [0.717, 1.165) is 31.5 Å². The molecule has 0 unspecified atom stereocenters. The van der Waals surface area contributed by atoms with E-state index in [4.69, 9.17) is 11.6 Å². The minimum absolute atomic E-state index is 0. The number of nitrogens with one attached hydrogen (secondary N) is 1. The number of halogens is 3. The van der Waals surface area contributed by atoms with Crippen molar-refractivity contribution in [2.24, 2.45) is 0 Å². The Morgan fingerprint density at radius 1 is 1.39 bits per heavy atom. The highest BCUT2D eigenvalue weighted by molar-refractivity contribution is 6.30. The maximum Gasteiger partial charge on any atom is 0.129 e. The van der Waals surface area contributed by atoms with Gasteiger partial charge in [0.25, 0.3) is 0 Å². The summed E-state index contributed by atoms with van der Waals surface area (Å²) in [6.07, 6.45) is 2.26. The Morgan fingerprint density at radius 2 is 2.06 bits per heavy atom. The van der Waals surface area contributed by atoms with Gasteiger partial charge in [-0.05, 0) is 45.1 Å². The molecule has 0 saturated carbocycles. The highest BCUT2D eigenvalue weighted by Crippen LogP contribution is 2.18. The van der Waals surface area contributed by atoms with Crippen molar-refractivity contribution in [1.29, 1.82) is 0 Å². The van der Waals surface area contributed by atoms with Gasteiger partial charge in [0, 0.05) is 23.2 Å². The highest BCUT2D eigenvalue weighted by Gasteiger charge is 2.18. The molecule has 1 saturated heterocycles. The van der Waals surface area contributed by atoms with E-state index in [9.17, 15) is 4.39 Å². The van der Waals surface area contributed by atoms with Crippen LogP contribution in [0, 0.1) is 5.82 Å². The summed E-state index contributed by atoms with van der Waals surface area (Å²) >= 11 is 5.74. The molecule has 5 heteroatoms. The van der Waals surface area contributed by atoms with Gasteiger partial charge in [-0.15, -0.1) is 12.4 Å². The molecule has 0 aromatic heterocycles. The van der Waals surface area contributed by atoms with Gasteiger partial charge in [0.05, 0.1) is 0 Å². The van der Waals surface area contributed by atoms with Crippen molar-refractivity contribution in [2.45, 2.75) is 25.4 Å². The summed E-state index contributed by atoms with van der Waals surface area (Å²) in [5, 5.41) is 3.79. The summed E-state index contributed by atoms with van der Waals surface area (Å²) in [5.74, 6) is -0.210. The van der Waals surface area contributed by atoms with E-state index in [1.54, 1.807) is 12.1 Å². The Labute approximate surface area is 119 Å². The molecule has 0 amide bonds. The van der Waals surface area contributed by atoms with E-state index in [2.05, 4.69) is 17.3 Å². The second-order valence-electron chi connectivity index (χ2n) is 4.63. The fraction of sp³-hybridized carbons (Fsp3) is 0.538. The van der Waals surface area contributed by atoms with E-state index in [1.807, 2.05) is 0 Å². The summed E-state index contributed by atoms with van der Waals surface area (Å²) in [6, 6.07) is 5.45. The third kappa shape index (κ3) is 4.09. The molecule has 0 radical (unpaired) electrons. The van der Waals surface area contributed by atoms with Crippen LogP contribution in [0.2, 0.25) is 5.02 Å². The predicted molar refractivity (Wildman–Crippen MR) is 76.0 cm³/mol. The molecule has 1 heterocycles. The van der Waals surface area contributed by atoms with Crippen molar-refractivity contribution in [3.63, 3.8) is 0 Å². The zero-order chi connectivity index (χ0) is 12.3. The number of rotatable bonds is 3. The van der Waals surface area contributed by atoms with Crippen molar-refractivity contribution in [1.82, 2.24) is 10.2 Å². The van der Waals surface area contributed by atoms with Crippen LogP contribution in [0.4, 0.5) is 4.39 Å². The second-order valence-corrected chi connectivity index (χ2v) is 5.07. The third-order valence-corrected chi connectivity index (χ3v) is 3.60. The lowest BCUT2D eigenvalue weighted by Gasteiger charge is -2.31. The first-order valence-corrected chi connectivity index (χ1v) is 6.39. The molecule has 1 fully saturated rings. The smallest absolute Gasteiger partial charge is 0.129 e. The van der Waals surface area contributed by atoms with Crippen LogP contribution < -0.4 is 5.32 Å². The minimum atomic E-state index is -0.210. The van der Waals surface area contributed by atoms with E-state index in [0.29, 0.717) is 17.6 Å². The molecule has 0 bridgehead atoms. The van der Waals surface area contributed by atoms with Crippen LogP contribution in [0.25, 0.3) is 0 Å². The van der Waals surface area contributed by atoms with Gasteiger partial charge in [0.1, 0.15) is 5.82 Å². The molecular weight excluding hydrogens is 274 g/mol. The van der Waals surface area contributed by atoms with Crippen LogP contribution in [-0.4, -0.2) is 31.1 Å². The van der Waals surface area contributed by atoms with Gasteiger partial charge in [0.15, 0.2) is 0 Å². The molecule has 2 rings (SSSR count). The van der Waals surface area contributed by atoms with Gasteiger partial charge in [-0.2, -0.15) is 0 Å². The molecule has 1 aromatic carbocycles. The van der Waals surface area contributed by atoms with Crippen LogP contribution in [-0.2, 0) is 6.54 Å². The van der Waals surface area contributed by atoms with Crippen molar-refractivity contribution in [3.8, 4) is 0 Å². The van der Waals surface area contributed by atoms with Crippen molar-refractivity contribution >= 4 is 24.0 Å². The molecule has 0 atom stereocenters. The standard InChI is InChI=1S/C13H18ClFN2.ClH/c1-17(12-4-6-16-7-5-12)9-10-2-3-11(14)8-13(10)15;/h2-3,8,12,16H,4-7,9H2,1H3;1H. The molecule has 2 nitrogen and oxygen atoms in total. The summed E-state index contributed by atoms with van der Waals surface area (Å²) in [4.78, 5) is 2.23. The summed E-state index contributed by atoms with van der Waals surface area (Å²) < 4.78 is 13.7. The Bertz CT molecular complexity index is 381. The minimum Gasteiger partial charge on any atom is -0.317 e. The Hall–Kier alpha value is -0.350. The number of nitrogens with zero attached hydrogens (tertiary/aromatic N) is 1. The number of hydrogen-bond donors (Lipinski definition) is 1. The molecule has 0 spiro atoms. The predicted octanol–water partition coefficient (Wildman–Crippen LogP) is 3.08. The molecule has 1 N–H and O–H groups in total. The van der Waals surface area contributed by atoms with Crippen LogP contribution in [0.3, 0.4) is 0 Å². The van der Waals surface area contributed by atoms with Gasteiger partial charge in [-0.25, -0.2) is 4.39 Å². The molecule has 0 aliphatic carbocycles. The average molecular weight is 293 g/mol. The SMILES string of the molecule is CN(Cc1ccc(Cl)cc1F)C1CCNCC1.Cl. The lowest BCUT2D eigenvalue weighted by molar-refractivity contribution is 0.190. The maximum absolute atomic E-state index is 13.7. The monoisotopic (exact) mass is 292 g/mol.